The summed E-state index contributed by atoms with van der Waals surface area (Å²) < 4.78 is 10.9. The number of urea groups is 1. The Balaban J connectivity index is 1.75. The van der Waals surface area contributed by atoms with Gasteiger partial charge in [-0.05, 0) is 55.3 Å². The molecule has 0 aliphatic heterocycles. The van der Waals surface area contributed by atoms with E-state index in [2.05, 4.69) is 5.32 Å². The Hall–Kier alpha value is -3.21. The van der Waals surface area contributed by atoms with Crippen LogP contribution in [0.3, 0.4) is 0 Å². The predicted molar refractivity (Wildman–Crippen MR) is 106 cm³/mol. The molecule has 0 radical (unpaired) electrons. The number of benzene rings is 2. The van der Waals surface area contributed by atoms with Crippen LogP contribution < -0.4 is 10.1 Å². The third-order valence-electron chi connectivity index (χ3n) is 4.18. The van der Waals surface area contributed by atoms with Gasteiger partial charge in [-0.2, -0.15) is 0 Å². The van der Waals surface area contributed by atoms with E-state index in [0.29, 0.717) is 19.7 Å². The van der Waals surface area contributed by atoms with Crippen molar-refractivity contribution in [3.63, 3.8) is 0 Å². The lowest BCUT2D eigenvalue weighted by Crippen LogP contribution is -2.34. The molecule has 0 spiro atoms. The Bertz CT molecular complexity index is 861. The number of hydrogen-bond donors (Lipinski definition) is 1. The molecule has 0 aliphatic rings. The molecule has 2 amide bonds. The zero-order valence-corrected chi connectivity index (χ0v) is 15.6. The van der Waals surface area contributed by atoms with Gasteiger partial charge in [-0.3, -0.25) is 0 Å². The molecule has 0 saturated carbocycles. The van der Waals surface area contributed by atoms with E-state index in [1.165, 1.54) is 0 Å². The highest BCUT2D eigenvalue weighted by Gasteiger charge is 2.17. The summed E-state index contributed by atoms with van der Waals surface area (Å²) in [7, 11) is 0. The van der Waals surface area contributed by atoms with E-state index >= 15 is 0 Å². The van der Waals surface area contributed by atoms with E-state index in [1.807, 2.05) is 74.5 Å². The van der Waals surface area contributed by atoms with Crippen molar-refractivity contribution in [1.82, 2.24) is 4.90 Å². The fraction of sp³-hybridized carbons (Fsp3) is 0.227. The van der Waals surface area contributed by atoms with Gasteiger partial charge in [0.2, 0.25) is 0 Å². The van der Waals surface area contributed by atoms with E-state index in [1.54, 1.807) is 11.2 Å². The molecular formula is C22H24N2O3. The number of nitrogens with zero attached hydrogens (tertiary/aromatic N) is 1. The molecular weight excluding hydrogens is 340 g/mol. The fourth-order valence-electron chi connectivity index (χ4n) is 2.82. The Morgan fingerprint density at radius 2 is 1.89 bits per heavy atom. The molecule has 1 N–H and O–H groups in total. The van der Waals surface area contributed by atoms with Crippen LogP contribution in [-0.4, -0.2) is 17.5 Å². The van der Waals surface area contributed by atoms with Gasteiger partial charge in [-0.25, -0.2) is 4.79 Å². The highest BCUT2D eigenvalue weighted by molar-refractivity contribution is 5.90. The van der Waals surface area contributed by atoms with Crippen LogP contribution in [0.4, 0.5) is 10.5 Å². The molecule has 0 bridgehead atoms. The predicted octanol–water partition coefficient (Wildman–Crippen LogP) is 5.22. The third kappa shape index (κ3) is 5.14. The van der Waals surface area contributed by atoms with E-state index in [9.17, 15) is 4.79 Å². The van der Waals surface area contributed by atoms with Gasteiger partial charge >= 0.3 is 6.03 Å². The topological polar surface area (TPSA) is 54.7 Å². The molecule has 5 heteroatoms. The summed E-state index contributed by atoms with van der Waals surface area (Å²) in [5.41, 5.74) is 2.77. The van der Waals surface area contributed by atoms with Crippen LogP contribution in [0.2, 0.25) is 0 Å². The minimum atomic E-state index is -0.178. The van der Waals surface area contributed by atoms with E-state index in [4.69, 9.17) is 9.15 Å². The van der Waals surface area contributed by atoms with Crippen molar-refractivity contribution < 1.29 is 13.9 Å². The van der Waals surface area contributed by atoms with Crippen molar-refractivity contribution in [2.24, 2.45) is 0 Å². The molecule has 140 valence electrons. The van der Waals surface area contributed by atoms with Gasteiger partial charge in [-0.15, -0.1) is 0 Å². The van der Waals surface area contributed by atoms with Crippen molar-refractivity contribution in [1.29, 1.82) is 0 Å². The van der Waals surface area contributed by atoms with Gasteiger partial charge in [0.25, 0.3) is 0 Å². The highest BCUT2D eigenvalue weighted by Crippen LogP contribution is 2.22. The number of carbonyl (C=O) groups excluding carboxylic acids is 1. The summed E-state index contributed by atoms with van der Waals surface area (Å²) in [5.74, 6) is 1.54. The van der Waals surface area contributed by atoms with Crippen LogP contribution in [0.5, 0.6) is 5.75 Å². The van der Waals surface area contributed by atoms with E-state index in [0.717, 1.165) is 28.3 Å². The second-order valence-electron chi connectivity index (χ2n) is 6.26. The lowest BCUT2D eigenvalue weighted by molar-refractivity contribution is 0.201. The Kier molecular flexibility index (Phi) is 6.15. The number of hydrogen-bond acceptors (Lipinski definition) is 3. The summed E-state index contributed by atoms with van der Waals surface area (Å²) >= 11 is 0. The summed E-state index contributed by atoms with van der Waals surface area (Å²) in [6, 6.07) is 19.1. The molecule has 0 unspecified atom stereocenters. The maximum atomic E-state index is 12.9. The number of rotatable bonds is 7. The summed E-state index contributed by atoms with van der Waals surface area (Å²) in [6.45, 7) is 5.39. The molecule has 0 aliphatic carbocycles. The number of furan rings is 1. The molecule has 0 saturated heterocycles. The quantitative estimate of drug-likeness (QED) is 0.625. The van der Waals surface area contributed by atoms with Crippen molar-refractivity contribution >= 4 is 11.7 Å². The Morgan fingerprint density at radius 1 is 1.07 bits per heavy atom. The van der Waals surface area contributed by atoms with Crippen LogP contribution in [0.1, 0.15) is 23.8 Å². The lowest BCUT2D eigenvalue weighted by Gasteiger charge is -2.23. The standard InChI is InChI=1S/C22H24N2O3/c1-3-26-19-11-12-21(17(2)14-19)23-22(25)24(16-20-10-7-13-27-20)15-18-8-5-4-6-9-18/h4-14H,3,15-16H2,1-2H3,(H,23,25). The second-order valence-corrected chi connectivity index (χ2v) is 6.26. The van der Waals surface area contributed by atoms with E-state index in [-0.39, 0.29) is 6.03 Å². The molecule has 0 fully saturated rings. The first-order valence-electron chi connectivity index (χ1n) is 9.01. The van der Waals surface area contributed by atoms with Crippen molar-refractivity contribution in [2.45, 2.75) is 26.9 Å². The van der Waals surface area contributed by atoms with E-state index < -0.39 is 0 Å². The van der Waals surface area contributed by atoms with Crippen LogP contribution in [0.15, 0.2) is 71.3 Å². The molecule has 2 aromatic carbocycles. The number of amides is 2. The minimum absolute atomic E-state index is 0.178. The van der Waals surface area contributed by atoms with Gasteiger partial charge in [0.05, 0.1) is 19.4 Å². The van der Waals surface area contributed by atoms with Crippen molar-refractivity contribution in [3.8, 4) is 5.75 Å². The summed E-state index contributed by atoms with van der Waals surface area (Å²) in [6.07, 6.45) is 1.62. The molecule has 1 aromatic heterocycles. The molecule has 0 atom stereocenters. The normalized spacial score (nSPS) is 10.4. The largest absolute Gasteiger partial charge is 0.494 e. The summed E-state index contributed by atoms with van der Waals surface area (Å²) in [5, 5.41) is 3.00. The average Bonchev–Trinajstić information content (AvgIpc) is 3.18. The zero-order chi connectivity index (χ0) is 19.1. The number of anilines is 1. The maximum absolute atomic E-state index is 12.9. The molecule has 3 rings (SSSR count). The van der Waals surface area contributed by atoms with Crippen LogP contribution in [0.25, 0.3) is 0 Å². The summed E-state index contributed by atoms with van der Waals surface area (Å²) in [4.78, 5) is 14.7. The molecule has 5 nitrogen and oxygen atoms in total. The van der Waals surface area contributed by atoms with Crippen LogP contribution in [0, 0.1) is 6.92 Å². The lowest BCUT2D eigenvalue weighted by atomic mass is 10.2. The van der Waals surface area contributed by atoms with Gasteiger partial charge in [0.1, 0.15) is 11.5 Å². The smallest absolute Gasteiger partial charge is 0.322 e. The van der Waals surface area contributed by atoms with Gasteiger partial charge in [-0.1, -0.05) is 30.3 Å². The third-order valence-corrected chi connectivity index (χ3v) is 4.18. The average molecular weight is 364 g/mol. The first-order valence-corrected chi connectivity index (χ1v) is 9.01. The van der Waals surface area contributed by atoms with Gasteiger partial charge in [0.15, 0.2) is 0 Å². The second kappa shape index (κ2) is 8.94. The zero-order valence-electron chi connectivity index (χ0n) is 15.6. The Morgan fingerprint density at radius 3 is 2.56 bits per heavy atom. The number of carbonyl (C=O) groups is 1. The first-order chi connectivity index (χ1) is 13.2. The molecule has 27 heavy (non-hydrogen) atoms. The first kappa shape index (κ1) is 18.6. The minimum Gasteiger partial charge on any atom is -0.494 e. The Labute approximate surface area is 159 Å². The SMILES string of the molecule is CCOc1ccc(NC(=O)N(Cc2ccccc2)Cc2ccco2)c(C)c1. The monoisotopic (exact) mass is 364 g/mol. The number of aryl methyl sites for hydroxylation is 1. The van der Waals surface area contributed by atoms with Gasteiger partial charge < -0.3 is 19.4 Å². The molecule has 3 aromatic rings. The van der Waals surface area contributed by atoms with Crippen molar-refractivity contribution in [2.75, 3.05) is 11.9 Å². The number of ether oxygens (including phenoxy) is 1. The maximum Gasteiger partial charge on any atom is 0.322 e. The van der Waals surface area contributed by atoms with Crippen molar-refractivity contribution in [3.05, 3.63) is 83.8 Å². The number of nitrogens with one attached hydrogen (secondary N) is 1. The fourth-order valence-corrected chi connectivity index (χ4v) is 2.82. The van der Waals surface area contributed by atoms with Gasteiger partial charge in [0, 0.05) is 12.2 Å². The van der Waals surface area contributed by atoms with Crippen LogP contribution >= 0.6 is 0 Å². The highest BCUT2D eigenvalue weighted by atomic mass is 16.5. The van der Waals surface area contributed by atoms with Crippen LogP contribution in [-0.2, 0) is 13.1 Å². The molecule has 1 heterocycles.